The van der Waals surface area contributed by atoms with E-state index in [2.05, 4.69) is 5.32 Å². The number of nitrogens with zero attached hydrogens (tertiary/aromatic N) is 1. The van der Waals surface area contributed by atoms with Crippen molar-refractivity contribution in [3.05, 3.63) is 0 Å². The first kappa shape index (κ1) is 14.3. The van der Waals surface area contributed by atoms with Crippen molar-refractivity contribution in [3.63, 3.8) is 0 Å². The first-order valence-electron chi connectivity index (χ1n) is 7.03. The molecule has 0 aromatic rings. The fourth-order valence-electron chi connectivity index (χ4n) is 3.32. The van der Waals surface area contributed by atoms with Gasteiger partial charge in [-0.05, 0) is 25.8 Å². The van der Waals surface area contributed by atoms with Crippen molar-refractivity contribution in [2.45, 2.75) is 56.7 Å². The van der Waals surface area contributed by atoms with Gasteiger partial charge in [0.15, 0.2) is 0 Å². The Labute approximate surface area is 113 Å². The molecular weight excluding hydrogens is 246 g/mol. The molecule has 2 fully saturated rings. The number of β-amino-alcohol motifs (C(OH)–C–C–N with tert-alkyl or cyclic N) is 1. The number of rotatable bonds is 4. The van der Waals surface area contributed by atoms with E-state index in [0.29, 0.717) is 0 Å². The quantitative estimate of drug-likeness (QED) is 0.632. The van der Waals surface area contributed by atoms with E-state index in [1.54, 1.807) is 0 Å². The molecule has 4 N–H and O–H groups in total. The number of nitrogens with two attached hydrogens (primary N) is 1. The number of aliphatic hydroxyl groups excluding tert-OH is 1. The van der Waals surface area contributed by atoms with E-state index in [4.69, 9.17) is 5.73 Å². The van der Waals surface area contributed by atoms with Crippen molar-refractivity contribution in [1.82, 2.24) is 10.2 Å². The van der Waals surface area contributed by atoms with Crippen molar-refractivity contribution in [1.29, 1.82) is 0 Å². The minimum atomic E-state index is -0.668. The van der Waals surface area contributed by atoms with Crippen LogP contribution in [0, 0.1) is 0 Å². The summed E-state index contributed by atoms with van der Waals surface area (Å²) in [6, 6.07) is -0.668. The van der Waals surface area contributed by atoms with Crippen molar-refractivity contribution in [2.24, 2.45) is 5.73 Å². The third-order valence-electron chi connectivity index (χ3n) is 4.20. The van der Waals surface area contributed by atoms with Gasteiger partial charge in [-0.2, -0.15) is 0 Å². The molecule has 2 aliphatic heterocycles. The van der Waals surface area contributed by atoms with E-state index < -0.39 is 23.6 Å². The van der Waals surface area contributed by atoms with Crippen LogP contribution in [-0.2, 0) is 9.59 Å². The molecular formula is C13H23N3O3. The van der Waals surface area contributed by atoms with Crippen molar-refractivity contribution in [3.8, 4) is 0 Å². The topological polar surface area (TPSA) is 95.7 Å². The second-order valence-electron chi connectivity index (χ2n) is 5.63. The number of amides is 2. The average molecular weight is 269 g/mol. The summed E-state index contributed by atoms with van der Waals surface area (Å²) in [5.41, 5.74) is 4.78. The standard InChI is InChI=1S/C13H23N3O3/c1-2-4-13(5-3-6-15-13)12(19)16-8-9(17)7-10(16)11(14)18/h9-10,15,17H,2-8H2,1H3,(H2,14,18). The molecule has 0 bridgehead atoms. The number of carbonyl (C=O) groups excluding carboxylic acids is 2. The zero-order valence-electron chi connectivity index (χ0n) is 11.4. The highest BCUT2D eigenvalue weighted by molar-refractivity contribution is 5.92. The highest BCUT2D eigenvalue weighted by Gasteiger charge is 2.48. The van der Waals surface area contributed by atoms with Crippen LogP contribution in [0.5, 0.6) is 0 Å². The van der Waals surface area contributed by atoms with Gasteiger partial charge in [-0.15, -0.1) is 0 Å². The Balaban J connectivity index is 2.19. The SMILES string of the molecule is CCCC1(C(=O)N2CC(O)CC2C(N)=O)CCCN1. The van der Waals surface area contributed by atoms with Crippen LogP contribution in [0.25, 0.3) is 0 Å². The molecule has 0 spiro atoms. The first-order chi connectivity index (χ1) is 9.00. The Kier molecular flexibility index (Phi) is 4.10. The first-order valence-corrected chi connectivity index (χ1v) is 7.03. The molecule has 2 aliphatic rings. The van der Waals surface area contributed by atoms with Gasteiger partial charge in [0.05, 0.1) is 11.6 Å². The molecule has 6 heteroatoms. The largest absolute Gasteiger partial charge is 0.391 e. The van der Waals surface area contributed by atoms with Gasteiger partial charge >= 0.3 is 0 Å². The highest BCUT2D eigenvalue weighted by atomic mass is 16.3. The molecule has 0 aliphatic carbocycles. The summed E-state index contributed by atoms with van der Waals surface area (Å²) >= 11 is 0. The fraction of sp³-hybridized carbons (Fsp3) is 0.846. The summed E-state index contributed by atoms with van der Waals surface area (Å²) < 4.78 is 0. The molecule has 19 heavy (non-hydrogen) atoms. The maximum absolute atomic E-state index is 12.8. The Morgan fingerprint density at radius 3 is 2.79 bits per heavy atom. The Morgan fingerprint density at radius 1 is 1.53 bits per heavy atom. The molecule has 2 heterocycles. The fourth-order valence-corrected chi connectivity index (χ4v) is 3.32. The van der Waals surface area contributed by atoms with Gasteiger partial charge < -0.3 is 21.1 Å². The van der Waals surface area contributed by atoms with Crippen LogP contribution in [0.2, 0.25) is 0 Å². The maximum Gasteiger partial charge on any atom is 0.243 e. The molecule has 3 unspecified atom stereocenters. The summed E-state index contributed by atoms with van der Waals surface area (Å²) in [6.07, 6.45) is 3.01. The average Bonchev–Trinajstić information content (AvgIpc) is 2.96. The van der Waals surface area contributed by atoms with Crippen molar-refractivity contribution in [2.75, 3.05) is 13.1 Å². The third kappa shape index (κ3) is 2.60. The van der Waals surface area contributed by atoms with Crippen LogP contribution in [0.1, 0.15) is 39.0 Å². The molecule has 0 radical (unpaired) electrons. The van der Waals surface area contributed by atoms with E-state index in [1.165, 1.54) is 4.90 Å². The predicted octanol–water partition coefficient (Wildman–Crippen LogP) is -0.644. The lowest BCUT2D eigenvalue weighted by molar-refractivity contribution is -0.143. The summed E-state index contributed by atoms with van der Waals surface area (Å²) in [4.78, 5) is 25.7. The molecule has 2 rings (SSSR count). The van der Waals surface area contributed by atoms with E-state index in [1.807, 2.05) is 6.92 Å². The number of aliphatic hydroxyl groups is 1. The van der Waals surface area contributed by atoms with Crippen LogP contribution < -0.4 is 11.1 Å². The predicted molar refractivity (Wildman–Crippen MR) is 70.2 cm³/mol. The molecule has 3 atom stereocenters. The molecule has 2 saturated heterocycles. The van der Waals surface area contributed by atoms with Crippen molar-refractivity contribution < 1.29 is 14.7 Å². The monoisotopic (exact) mass is 269 g/mol. The number of hydrogen-bond donors (Lipinski definition) is 3. The van der Waals surface area contributed by atoms with E-state index in [9.17, 15) is 14.7 Å². The normalized spacial score (nSPS) is 34.7. The van der Waals surface area contributed by atoms with Gasteiger partial charge in [0.2, 0.25) is 11.8 Å². The lowest BCUT2D eigenvalue weighted by Gasteiger charge is -2.34. The van der Waals surface area contributed by atoms with Crippen LogP contribution >= 0.6 is 0 Å². The number of hydrogen-bond acceptors (Lipinski definition) is 4. The molecule has 2 amide bonds. The Bertz CT molecular complexity index is 366. The lowest BCUT2D eigenvalue weighted by Crippen LogP contribution is -2.58. The number of primary amides is 1. The van der Waals surface area contributed by atoms with E-state index in [-0.39, 0.29) is 18.9 Å². The van der Waals surface area contributed by atoms with Gasteiger partial charge in [0.1, 0.15) is 6.04 Å². The number of carbonyl (C=O) groups is 2. The zero-order chi connectivity index (χ0) is 14.0. The van der Waals surface area contributed by atoms with Gasteiger partial charge in [0.25, 0.3) is 0 Å². The highest BCUT2D eigenvalue weighted by Crippen LogP contribution is 2.30. The summed E-state index contributed by atoms with van der Waals surface area (Å²) in [5.74, 6) is -0.609. The van der Waals surface area contributed by atoms with E-state index >= 15 is 0 Å². The summed E-state index contributed by atoms with van der Waals surface area (Å²) in [5, 5.41) is 13.0. The Morgan fingerprint density at radius 2 is 2.26 bits per heavy atom. The second kappa shape index (κ2) is 5.46. The lowest BCUT2D eigenvalue weighted by atomic mass is 9.90. The van der Waals surface area contributed by atoms with Crippen LogP contribution in [-0.4, -0.2) is 52.6 Å². The second-order valence-corrected chi connectivity index (χ2v) is 5.63. The minimum absolute atomic E-state index is 0.0767. The third-order valence-corrected chi connectivity index (χ3v) is 4.20. The minimum Gasteiger partial charge on any atom is -0.391 e. The van der Waals surface area contributed by atoms with Gasteiger partial charge in [-0.25, -0.2) is 0 Å². The van der Waals surface area contributed by atoms with Crippen LogP contribution in [0.3, 0.4) is 0 Å². The smallest absolute Gasteiger partial charge is 0.243 e. The maximum atomic E-state index is 12.8. The molecule has 0 aromatic carbocycles. The van der Waals surface area contributed by atoms with Gasteiger partial charge in [0, 0.05) is 13.0 Å². The van der Waals surface area contributed by atoms with Crippen LogP contribution in [0.15, 0.2) is 0 Å². The molecule has 6 nitrogen and oxygen atoms in total. The zero-order valence-corrected chi connectivity index (χ0v) is 11.4. The van der Waals surface area contributed by atoms with E-state index in [0.717, 1.165) is 32.2 Å². The molecule has 108 valence electrons. The number of likely N-dealkylation sites (tertiary alicyclic amines) is 1. The Hall–Kier alpha value is -1.14. The summed E-state index contributed by atoms with van der Waals surface area (Å²) in [6.45, 7) is 3.07. The van der Waals surface area contributed by atoms with Gasteiger partial charge in [-0.3, -0.25) is 9.59 Å². The summed E-state index contributed by atoms with van der Waals surface area (Å²) in [7, 11) is 0. The van der Waals surface area contributed by atoms with Crippen LogP contribution in [0.4, 0.5) is 0 Å². The molecule has 0 saturated carbocycles. The van der Waals surface area contributed by atoms with Gasteiger partial charge in [-0.1, -0.05) is 13.3 Å². The van der Waals surface area contributed by atoms with Crippen molar-refractivity contribution >= 4 is 11.8 Å². The molecule has 0 aromatic heterocycles. The number of nitrogens with one attached hydrogen (secondary N) is 1.